The van der Waals surface area contributed by atoms with Crippen molar-refractivity contribution in [2.24, 2.45) is 7.05 Å². The van der Waals surface area contributed by atoms with Gasteiger partial charge in [-0.1, -0.05) is 84.0 Å². The third-order valence-electron chi connectivity index (χ3n) is 4.92. The molecule has 5 heteroatoms. The molecule has 27 heavy (non-hydrogen) atoms. The Morgan fingerprint density at radius 3 is 1.89 bits per heavy atom. The Balaban J connectivity index is 0.00000676. The van der Waals surface area contributed by atoms with Gasteiger partial charge in [-0.3, -0.25) is 4.79 Å². The maximum Gasteiger partial charge on any atom is 0.305 e. The van der Waals surface area contributed by atoms with Crippen LogP contribution in [-0.4, -0.2) is 17.1 Å². The number of rotatable bonds is 17. The third-order valence-corrected chi connectivity index (χ3v) is 4.92. The molecule has 0 aliphatic carbocycles. The molecule has 0 N–H and O–H groups in total. The molecule has 0 unspecified atom stereocenters. The fourth-order valence-corrected chi connectivity index (χ4v) is 3.26. The number of esters is 1. The SMILES string of the molecule is CCCCCCCCCCCCCCCC(=O)OCCn1cc[n+](C)c1.[Br-]. The van der Waals surface area contributed by atoms with Gasteiger partial charge in [-0.05, 0) is 6.42 Å². The van der Waals surface area contributed by atoms with Crippen LogP contribution in [0.3, 0.4) is 0 Å². The summed E-state index contributed by atoms with van der Waals surface area (Å²) in [6, 6.07) is 0. The van der Waals surface area contributed by atoms with Gasteiger partial charge >= 0.3 is 5.97 Å². The highest BCUT2D eigenvalue weighted by atomic mass is 79.9. The van der Waals surface area contributed by atoms with E-state index >= 15 is 0 Å². The Bertz CT molecular complexity index is 463. The highest BCUT2D eigenvalue weighted by Gasteiger charge is 2.05. The molecular weight excluding hydrogens is 404 g/mol. The van der Waals surface area contributed by atoms with Gasteiger partial charge in [0.1, 0.15) is 25.5 Å². The smallest absolute Gasteiger partial charge is 0.305 e. The van der Waals surface area contributed by atoms with E-state index in [0.29, 0.717) is 13.0 Å². The number of hydrogen-bond donors (Lipinski definition) is 0. The van der Waals surface area contributed by atoms with Crippen molar-refractivity contribution in [2.75, 3.05) is 6.61 Å². The Morgan fingerprint density at radius 1 is 0.889 bits per heavy atom. The lowest BCUT2D eigenvalue weighted by molar-refractivity contribution is -0.671. The minimum Gasteiger partial charge on any atom is -1.00 e. The van der Waals surface area contributed by atoms with E-state index in [4.69, 9.17) is 4.74 Å². The molecule has 1 rings (SSSR count). The van der Waals surface area contributed by atoms with E-state index in [-0.39, 0.29) is 23.0 Å². The molecule has 0 fully saturated rings. The number of hydrogen-bond acceptors (Lipinski definition) is 2. The zero-order chi connectivity index (χ0) is 18.9. The van der Waals surface area contributed by atoms with Crippen molar-refractivity contribution in [3.63, 3.8) is 0 Å². The van der Waals surface area contributed by atoms with E-state index < -0.39 is 0 Å². The summed E-state index contributed by atoms with van der Waals surface area (Å²) < 4.78 is 9.30. The average Bonchev–Trinajstić information content (AvgIpc) is 3.04. The first-order chi connectivity index (χ1) is 12.7. The number of carbonyl (C=O) groups excluding carboxylic acids is 1. The first kappa shape index (κ1) is 26.2. The predicted molar refractivity (Wildman–Crippen MR) is 107 cm³/mol. The van der Waals surface area contributed by atoms with Crippen molar-refractivity contribution in [3.05, 3.63) is 18.7 Å². The lowest BCUT2D eigenvalue weighted by Crippen LogP contribution is -3.00. The summed E-state index contributed by atoms with van der Waals surface area (Å²) in [5.74, 6) is -0.0513. The summed E-state index contributed by atoms with van der Waals surface area (Å²) >= 11 is 0. The Morgan fingerprint density at radius 2 is 1.41 bits per heavy atom. The summed E-state index contributed by atoms with van der Waals surface area (Å²) in [7, 11) is 1.98. The van der Waals surface area contributed by atoms with Crippen LogP contribution in [-0.2, 0) is 23.1 Å². The Hall–Kier alpha value is -0.840. The molecule has 0 saturated carbocycles. The second kappa shape index (κ2) is 18.5. The van der Waals surface area contributed by atoms with Crippen molar-refractivity contribution in [1.82, 2.24) is 4.57 Å². The van der Waals surface area contributed by atoms with Crippen molar-refractivity contribution in [1.29, 1.82) is 0 Å². The molecule has 0 atom stereocenters. The van der Waals surface area contributed by atoms with Crippen LogP contribution in [0.1, 0.15) is 96.8 Å². The molecule has 0 bridgehead atoms. The summed E-state index contributed by atoms with van der Waals surface area (Å²) in [5.41, 5.74) is 0. The quantitative estimate of drug-likeness (QED) is 0.210. The molecule has 0 saturated heterocycles. The zero-order valence-corrected chi connectivity index (χ0v) is 19.2. The number of aromatic nitrogens is 2. The Labute approximate surface area is 177 Å². The topological polar surface area (TPSA) is 35.1 Å². The fraction of sp³-hybridized carbons (Fsp3) is 0.818. The molecular formula is C22H41BrN2O2. The fourth-order valence-electron chi connectivity index (χ4n) is 3.26. The molecule has 0 spiro atoms. The van der Waals surface area contributed by atoms with Gasteiger partial charge in [0.15, 0.2) is 0 Å². The van der Waals surface area contributed by atoms with Gasteiger partial charge in [-0.2, -0.15) is 0 Å². The standard InChI is InChI=1S/C22H41N2O2.BrH/c1-3-4-5-6-7-8-9-10-11-12-13-14-15-16-22(25)26-20-19-24-18-17-23(2)21-24;/h17-18,21H,3-16,19-20H2,1-2H3;1H/q+1;/p-1. The monoisotopic (exact) mass is 444 g/mol. The van der Waals surface area contributed by atoms with Gasteiger partial charge in [0.25, 0.3) is 0 Å². The highest BCUT2D eigenvalue weighted by molar-refractivity contribution is 5.69. The number of aryl methyl sites for hydroxylation is 1. The van der Waals surface area contributed by atoms with Crippen molar-refractivity contribution in [3.8, 4) is 0 Å². The van der Waals surface area contributed by atoms with Crippen LogP contribution < -0.4 is 21.5 Å². The molecule has 0 aliphatic heterocycles. The van der Waals surface area contributed by atoms with Gasteiger partial charge in [-0.15, -0.1) is 0 Å². The van der Waals surface area contributed by atoms with Crippen LogP contribution in [0, 0.1) is 0 Å². The van der Waals surface area contributed by atoms with E-state index in [1.807, 2.05) is 34.9 Å². The number of carbonyl (C=O) groups is 1. The second-order valence-corrected chi connectivity index (χ2v) is 7.53. The zero-order valence-electron chi connectivity index (χ0n) is 17.6. The van der Waals surface area contributed by atoms with Crippen LogP contribution >= 0.6 is 0 Å². The van der Waals surface area contributed by atoms with E-state index in [1.165, 1.54) is 70.6 Å². The molecule has 0 amide bonds. The summed E-state index contributed by atoms with van der Waals surface area (Å²) in [5, 5.41) is 0. The molecule has 1 heterocycles. The van der Waals surface area contributed by atoms with Gasteiger partial charge in [0, 0.05) is 6.42 Å². The number of imidazole rings is 1. The largest absolute Gasteiger partial charge is 1.00 e. The van der Waals surface area contributed by atoms with E-state index in [9.17, 15) is 4.79 Å². The van der Waals surface area contributed by atoms with Gasteiger partial charge in [0.05, 0.1) is 7.05 Å². The van der Waals surface area contributed by atoms with Crippen LogP contribution in [0.2, 0.25) is 0 Å². The number of halogens is 1. The first-order valence-corrected chi connectivity index (χ1v) is 10.9. The van der Waals surface area contributed by atoms with E-state index in [1.54, 1.807) is 0 Å². The maximum atomic E-state index is 11.7. The minimum absolute atomic E-state index is 0. The summed E-state index contributed by atoms with van der Waals surface area (Å²) in [6.07, 6.45) is 23.8. The molecule has 1 aromatic heterocycles. The van der Waals surface area contributed by atoms with Crippen LogP contribution in [0.15, 0.2) is 18.7 Å². The van der Waals surface area contributed by atoms with E-state index in [2.05, 4.69) is 6.92 Å². The molecule has 0 radical (unpaired) electrons. The third kappa shape index (κ3) is 15.9. The number of unbranched alkanes of at least 4 members (excludes halogenated alkanes) is 12. The molecule has 4 nitrogen and oxygen atoms in total. The van der Waals surface area contributed by atoms with Crippen LogP contribution in [0.25, 0.3) is 0 Å². The lowest BCUT2D eigenvalue weighted by Gasteiger charge is -2.04. The molecule has 1 aromatic rings. The number of nitrogens with zero attached hydrogens (tertiary/aromatic N) is 2. The van der Waals surface area contributed by atoms with E-state index in [0.717, 1.165) is 19.4 Å². The van der Waals surface area contributed by atoms with Crippen LogP contribution in [0.5, 0.6) is 0 Å². The maximum absolute atomic E-state index is 11.7. The van der Waals surface area contributed by atoms with Crippen molar-refractivity contribution in [2.45, 2.75) is 103 Å². The van der Waals surface area contributed by atoms with Gasteiger partial charge in [-0.25, -0.2) is 9.13 Å². The summed E-state index contributed by atoms with van der Waals surface area (Å²) in [6.45, 7) is 3.46. The average molecular weight is 445 g/mol. The summed E-state index contributed by atoms with van der Waals surface area (Å²) in [4.78, 5) is 11.7. The predicted octanol–water partition coefficient (Wildman–Crippen LogP) is 2.34. The van der Waals surface area contributed by atoms with Crippen LogP contribution in [0.4, 0.5) is 0 Å². The molecule has 158 valence electrons. The molecule has 0 aliphatic rings. The normalized spacial score (nSPS) is 10.6. The molecule has 0 aromatic carbocycles. The highest BCUT2D eigenvalue weighted by Crippen LogP contribution is 2.13. The minimum atomic E-state index is -0.0513. The first-order valence-electron chi connectivity index (χ1n) is 10.9. The number of ether oxygens (including phenoxy) is 1. The van der Waals surface area contributed by atoms with Crippen molar-refractivity contribution >= 4 is 5.97 Å². The van der Waals surface area contributed by atoms with Gasteiger partial charge < -0.3 is 21.7 Å². The van der Waals surface area contributed by atoms with Crippen molar-refractivity contribution < 1.29 is 31.1 Å². The lowest BCUT2D eigenvalue weighted by atomic mass is 10.0. The second-order valence-electron chi connectivity index (χ2n) is 7.53. The van der Waals surface area contributed by atoms with Gasteiger partial charge in [0.2, 0.25) is 6.33 Å². The Kier molecular flexibility index (Phi) is 17.9.